The third kappa shape index (κ3) is 2.84. The Kier molecular flexibility index (Phi) is 4.04. The SMILES string of the molecule is CC1=C2CC[C@@](C)(O)[C@@H]2[C@H]2OC(=O)/C(=C\c3ccc(Cl)cc3)[C@@H]2CC1. The summed E-state index contributed by atoms with van der Waals surface area (Å²) in [5.74, 6) is -0.295. The predicted octanol–water partition coefficient (Wildman–Crippen LogP) is 4.54. The Morgan fingerprint density at radius 1 is 1.28 bits per heavy atom. The van der Waals surface area contributed by atoms with Crippen LogP contribution in [0.5, 0.6) is 0 Å². The number of aliphatic hydroxyl groups is 1. The van der Waals surface area contributed by atoms with Gasteiger partial charge >= 0.3 is 5.97 Å². The van der Waals surface area contributed by atoms with E-state index in [0.717, 1.165) is 36.8 Å². The summed E-state index contributed by atoms with van der Waals surface area (Å²) in [6, 6.07) is 7.47. The van der Waals surface area contributed by atoms with Crippen molar-refractivity contribution < 1.29 is 14.6 Å². The highest BCUT2D eigenvalue weighted by molar-refractivity contribution is 6.30. The first-order chi connectivity index (χ1) is 11.9. The molecule has 1 aromatic carbocycles. The van der Waals surface area contributed by atoms with Gasteiger partial charge in [-0.25, -0.2) is 4.79 Å². The zero-order valence-electron chi connectivity index (χ0n) is 14.6. The van der Waals surface area contributed by atoms with Crippen molar-refractivity contribution in [2.24, 2.45) is 11.8 Å². The Morgan fingerprint density at radius 2 is 2.00 bits per heavy atom. The number of allylic oxidation sites excluding steroid dienone is 1. The fourth-order valence-electron chi connectivity index (χ4n) is 4.76. The van der Waals surface area contributed by atoms with Crippen molar-refractivity contribution in [1.82, 2.24) is 0 Å². The highest BCUT2D eigenvalue weighted by Crippen LogP contribution is 2.52. The molecule has 1 saturated heterocycles. The summed E-state index contributed by atoms with van der Waals surface area (Å²) in [5.41, 5.74) is 3.53. The van der Waals surface area contributed by atoms with Gasteiger partial charge in [0.2, 0.25) is 0 Å². The average Bonchev–Trinajstić information content (AvgIpc) is 2.98. The maximum absolute atomic E-state index is 12.6. The van der Waals surface area contributed by atoms with E-state index in [-0.39, 0.29) is 23.9 Å². The number of benzene rings is 1. The number of hydrogen-bond donors (Lipinski definition) is 1. The molecule has 0 spiro atoms. The molecule has 0 radical (unpaired) electrons. The highest BCUT2D eigenvalue weighted by Gasteiger charge is 2.54. The van der Waals surface area contributed by atoms with E-state index in [9.17, 15) is 9.90 Å². The van der Waals surface area contributed by atoms with E-state index >= 15 is 0 Å². The van der Waals surface area contributed by atoms with Crippen LogP contribution in [0.3, 0.4) is 0 Å². The summed E-state index contributed by atoms with van der Waals surface area (Å²) in [6.07, 6.45) is 5.15. The third-order valence-electron chi connectivity index (χ3n) is 6.12. The predicted molar refractivity (Wildman–Crippen MR) is 98.1 cm³/mol. The molecule has 132 valence electrons. The average molecular weight is 359 g/mol. The van der Waals surface area contributed by atoms with Crippen molar-refractivity contribution >= 4 is 23.6 Å². The number of hydrogen-bond acceptors (Lipinski definition) is 3. The zero-order valence-corrected chi connectivity index (χ0v) is 15.3. The fraction of sp³-hybridized carbons (Fsp3) is 0.476. The van der Waals surface area contributed by atoms with Crippen molar-refractivity contribution in [2.75, 3.05) is 0 Å². The van der Waals surface area contributed by atoms with E-state index < -0.39 is 5.60 Å². The van der Waals surface area contributed by atoms with Gasteiger partial charge < -0.3 is 9.84 Å². The summed E-state index contributed by atoms with van der Waals surface area (Å²) in [5, 5.41) is 11.6. The summed E-state index contributed by atoms with van der Waals surface area (Å²) in [6.45, 7) is 4.05. The van der Waals surface area contributed by atoms with Gasteiger partial charge in [-0.3, -0.25) is 0 Å². The molecule has 1 aliphatic heterocycles. The second-order valence-corrected chi connectivity index (χ2v) is 8.24. The molecule has 4 atom stereocenters. The van der Waals surface area contributed by atoms with Gasteiger partial charge in [-0.2, -0.15) is 0 Å². The van der Waals surface area contributed by atoms with E-state index in [1.807, 2.05) is 37.3 Å². The summed E-state index contributed by atoms with van der Waals surface area (Å²) in [7, 11) is 0. The van der Waals surface area contributed by atoms with Crippen LogP contribution in [0.2, 0.25) is 5.02 Å². The number of halogens is 1. The van der Waals surface area contributed by atoms with Crippen molar-refractivity contribution in [2.45, 2.75) is 51.2 Å². The van der Waals surface area contributed by atoms with Crippen LogP contribution >= 0.6 is 11.6 Å². The normalized spacial score (nSPS) is 36.2. The maximum Gasteiger partial charge on any atom is 0.334 e. The number of fused-ring (bicyclic) bond motifs is 3. The topological polar surface area (TPSA) is 46.5 Å². The van der Waals surface area contributed by atoms with E-state index in [1.165, 1.54) is 11.1 Å². The van der Waals surface area contributed by atoms with Crippen LogP contribution in [0, 0.1) is 11.8 Å². The molecule has 1 N–H and O–H groups in total. The quantitative estimate of drug-likeness (QED) is 0.455. The second kappa shape index (κ2) is 6.00. The smallest absolute Gasteiger partial charge is 0.334 e. The lowest BCUT2D eigenvalue weighted by molar-refractivity contribution is -0.144. The van der Waals surface area contributed by atoms with Crippen molar-refractivity contribution in [3.63, 3.8) is 0 Å². The molecule has 0 bridgehead atoms. The van der Waals surface area contributed by atoms with Crippen LogP contribution in [0.4, 0.5) is 0 Å². The maximum atomic E-state index is 12.6. The van der Waals surface area contributed by atoms with Gasteiger partial charge in [-0.1, -0.05) is 34.9 Å². The molecule has 3 nitrogen and oxygen atoms in total. The molecule has 2 fully saturated rings. The van der Waals surface area contributed by atoms with Crippen molar-refractivity contribution in [1.29, 1.82) is 0 Å². The van der Waals surface area contributed by atoms with Crippen LogP contribution in [-0.2, 0) is 9.53 Å². The van der Waals surface area contributed by atoms with Crippen LogP contribution in [-0.4, -0.2) is 22.8 Å². The molecule has 4 heteroatoms. The second-order valence-electron chi connectivity index (χ2n) is 7.81. The lowest BCUT2D eigenvalue weighted by Gasteiger charge is -2.32. The van der Waals surface area contributed by atoms with Crippen molar-refractivity contribution in [3.8, 4) is 0 Å². The number of ether oxygens (including phenoxy) is 1. The number of carbonyl (C=O) groups is 1. The first-order valence-corrected chi connectivity index (χ1v) is 9.33. The monoisotopic (exact) mass is 358 g/mol. The molecule has 0 amide bonds. The molecule has 4 rings (SSSR count). The molecule has 25 heavy (non-hydrogen) atoms. The summed E-state index contributed by atoms with van der Waals surface area (Å²) >= 11 is 5.95. The lowest BCUT2D eigenvalue weighted by Crippen LogP contribution is -2.40. The number of esters is 1. The minimum absolute atomic E-state index is 0.0326. The molecule has 3 aliphatic rings. The highest BCUT2D eigenvalue weighted by atomic mass is 35.5. The Bertz CT molecular complexity index is 773. The number of rotatable bonds is 1. The third-order valence-corrected chi connectivity index (χ3v) is 6.37. The van der Waals surface area contributed by atoms with Gasteiger partial charge in [-0.15, -0.1) is 0 Å². The minimum atomic E-state index is -0.806. The van der Waals surface area contributed by atoms with Crippen LogP contribution in [0.1, 0.15) is 45.1 Å². The van der Waals surface area contributed by atoms with Gasteiger partial charge in [0.25, 0.3) is 0 Å². The molecule has 1 heterocycles. The molecule has 1 aromatic rings. The largest absolute Gasteiger partial charge is 0.458 e. The first-order valence-electron chi connectivity index (χ1n) is 8.96. The first kappa shape index (κ1) is 16.9. The van der Waals surface area contributed by atoms with E-state index in [2.05, 4.69) is 6.92 Å². The Morgan fingerprint density at radius 3 is 2.72 bits per heavy atom. The standard InChI is InChI=1S/C21H23ClO3/c1-12-3-8-16-17(11-13-4-6-14(22)7-5-13)20(23)25-19(16)18-15(12)9-10-21(18,2)24/h4-7,11,16,18-19,24H,3,8-10H2,1-2H3/b17-11-/t16-,18-,19-,21+/m0/s1. The fourth-order valence-corrected chi connectivity index (χ4v) is 4.89. The molecule has 0 aromatic heterocycles. The van der Waals surface area contributed by atoms with Crippen LogP contribution in [0.15, 0.2) is 41.0 Å². The summed E-state index contributed by atoms with van der Waals surface area (Å²) in [4.78, 5) is 12.6. The van der Waals surface area contributed by atoms with Gasteiger partial charge in [0, 0.05) is 22.4 Å². The Balaban J connectivity index is 1.73. The molecule has 0 unspecified atom stereocenters. The Hall–Kier alpha value is -1.58. The van der Waals surface area contributed by atoms with Crippen LogP contribution < -0.4 is 0 Å². The molecule has 2 aliphatic carbocycles. The van der Waals surface area contributed by atoms with Crippen LogP contribution in [0.25, 0.3) is 6.08 Å². The molecular formula is C21H23ClO3. The van der Waals surface area contributed by atoms with Gasteiger partial charge in [0.15, 0.2) is 0 Å². The van der Waals surface area contributed by atoms with E-state index in [0.29, 0.717) is 5.02 Å². The number of carbonyl (C=O) groups excluding carboxylic acids is 1. The van der Waals surface area contributed by atoms with Gasteiger partial charge in [0.05, 0.1) is 5.60 Å². The van der Waals surface area contributed by atoms with E-state index in [4.69, 9.17) is 16.3 Å². The minimum Gasteiger partial charge on any atom is -0.458 e. The summed E-state index contributed by atoms with van der Waals surface area (Å²) < 4.78 is 5.82. The molecular weight excluding hydrogens is 336 g/mol. The zero-order chi connectivity index (χ0) is 17.8. The van der Waals surface area contributed by atoms with Gasteiger partial charge in [0.1, 0.15) is 6.10 Å². The van der Waals surface area contributed by atoms with E-state index in [1.54, 1.807) is 0 Å². The van der Waals surface area contributed by atoms with Crippen molar-refractivity contribution in [3.05, 3.63) is 51.6 Å². The van der Waals surface area contributed by atoms with Gasteiger partial charge in [-0.05, 0) is 63.3 Å². The Labute approximate surface area is 153 Å². The molecule has 1 saturated carbocycles. The lowest BCUT2D eigenvalue weighted by atomic mass is 9.79.